The van der Waals surface area contributed by atoms with Crippen molar-refractivity contribution < 1.29 is 19.4 Å². The van der Waals surface area contributed by atoms with E-state index < -0.39 is 12.1 Å². The molecule has 0 spiro atoms. The van der Waals surface area contributed by atoms with Gasteiger partial charge in [0.05, 0.1) is 26.4 Å². The van der Waals surface area contributed by atoms with Crippen LogP contribution < -0.4 is 0 Å². The number of nitrogens with zero attached hydrogens (tertiary/aromatic N) is 1. The molecular formula is C9H15NO4. The first kappa shape index (κ1) is 11.0. The quantitative estimate of drug-likeness (QED) is 0.476. The first-order valence-corrected chi connectivity index (χ1v) is 4.48. The smallest absolute Gasteiger partial charge is 0.331 e. The SMILES string of the molecule is COC(=O)/C=C/N1CCOCC(O)C1. The number of esters is 1. The van der Waals surface area contributed by atoms with E-state index in [0.717, 1.165) is 0 Å². The van der Waals surface area contributed by atoms with Crippen molar-refractivity contribution in [3.05, 3.63) is 12.3 Å². The Labute approximate surface area is 82.9 Å². The standard InChI is InChI=1S/C9H15NO4/c1-13-9(12)2-3-10-4-5-14-7-8(11)6-10/h2-3,8,11H,4-7H2,1H3/b3-2+. The average molecular weight is 201 g/mol. The summed E-state index contributed by atoms with van der Waals surface area (Å²) in [6.07, 6.45) is 2.45. The Hall–Kier alpha value is -1.07. The predicted molar refractivity (Wildman–Crippen MR) is 49.6 cm³/mol. The lowest BCUT2D eigenvalue weighted by molar-refractivity contribution is -0.134. The van der Waals surface area contributed by atoms with Gasteiger partial charge in [0.15, 0.2) is 0 Å². The molecule has 1 aliphatic rings. The van der Waals surface area contributed by atoms with Gasteiger partial charge in [-0.15, -0.1) is 0 Å². The summed E-state index contributed by atoms with van der Waals surface area (Å²) in [6, 6.07) is 0. The van der Waals surface area contributed by atoms with Gasteiger partial charge in [-0.25, -0.2) is 4.79 Å². The van der Waals surface area contributed by atoms with Crippen LogP contribution in [0.4, 0.5) is 0 Å². The van der Waals surface area contributed by atoms with E-state index in [2.05, 4.69) is 4.74 Å². The molecule has 5 heteroatoms. The van der Waals surface area contributed by atoms with Crippen LogP contribution in [0.2, 0.25) is 0 Å². The van der Waals surface area contributed by atoms with E-state index >= 15 is 0 Å². The number of carbonyl (C=O) groups is 1. The van der Waals surface area contributed by atoms with Crippen LogP contribution in [0, 0.1) is 0 Å². The predicted octanol–water partition coefficient (Wildman–Crippen LogP) is -0.634. The van der Waals surface area contributed by atoms with Crippen molar-refractivity contribution >= 4 is 5.97 Å². The summed E-state index contributed by atoms with van der Waals surface area (Å²) in [5, 5.41) is 9.37. The van der Waals surface area contributed by atoms with E-state index in [1.54, 1.807) is 6.20 Å². The maximum atomic E-state index is 10.8. The van der Waals surface area contributed by atoms with Gasteiger partial charge in [-0.3, -0.25) is 0 Å². The van der Waals surface area contributed by atoms with Gasteiger partial charge in [0.25, 0.3) is 0 Å². The maximum Gasteiger partial charge on any atom is 0.331 e. The Morgan fingerprint density at radius 2 is 2.50 bits per heavy atom. The highest BCUT2D eigenvalue weighted by molar-refractivity contribution is 5.81. The summed E-state index contributed by atoms with van der Waals surface area (Å²) in [4.78, 5) is 12.6. The van der Waals surface area contributed by atoms with Crippen LogP contribution in [-0.2, 0) is 14.3 Å². The Balaban J connectivity index is 2.42. The highest BCUT2D eigenvalue weighted by atomic mass is 16.5. The fourth-order valence-electron chi connectivity index (χ4n) is 1.19. The number of β-amino-alcohol motifs (C(OH)–C–C–N with tert-alkyl or cyclic N) is 1. The molecule has 1 unspecified atom stereocenters. The van der Waals surface area contributed by atoms with Gasteiger partial charge in [0.2, 0.25) is 0 Å². The zero-order valence-corrected chi connectivity index (χ0v) is 8.18. The molecule has 1 N–H and O–H groups in total. The molecule has 0 saturated carbocycles. The number of hydrogen-bond donors (Lipinski definition) is 1. The minimum Gasteiger partial charge on any atom is -0.466 e. The third-order valence-electron chi connectivity index (χ3n) is 1.90. The van der Waals surface area contributed by atoms with Gasteiger partial charge >= 0.3 is 5.97 Å². The molecule has 0 amide bonds. The van der Waals surface area contributed by atoms with E-state index in [-0.39, 0.29) is 0 Å². The fourth-order valence-corrected chi connectivity index (χ4v) is 1.19. The van der Waals surface area contributed by atoms with Crippen LogP contribution in [-0.4, -0.2) is 55.5 Å². The minimum absolute atomic E-state index is 0.350. The second kappa shape index (κ2) is 5.62. The summed E-state index contributed by atoms with van der Waals surface area (Å²) >= 11 is 0. The van der Waals surface area contributed by atoms with Gasteiger partial charge in [-0.05, 0) is 0 Å². The average Bonchev–Trinajstić information content (AvgIpc) is 2.39. The van der Waals surface area contributed by atoms with E-state index in [0.29, 0.717) is 26.3 Å². The lowest BCUT2D eigenvalue weighted by Crippen LogP contribution is -2.28. The topological polar surface area (TPSA) is 59.0 Å². The normalized spacial score (nSPS) is 23.6. The number of ether oxygens (including phenoxy) is 2. The molecule has 1 heterocycles. The Bertz CT molecular complexity index is 217. The number of aliphatic hydroxyl groups excluding tert-OH is 1. The summed E-state index contributed by atoms with van der Waals surface area (Å²) in [6.45, 7) is 2.06. The van der Waals surface area contributed by atoms with Gasteiger partial charge in [-0.2, -0.15) is 0 Å². The lowest BCUT2D eigenvalue weighted by Gasteiger charge is -2.17. The first-order chi connectivity index (χ1) is 6.72. The molecule has 80 valence electrons. The van der Waals surface area contributed by atoms with Crippen molar-refractivity contribution in [1.29, 1.82) is 0 Å². The van der Waals surface area contributed by atoms with E-state index in [9.17, 15) is 9.90 Å². The first-order valence-electron chi connectivity index (χ1n) is 4.48. The monoisotopic (exact) mass is 201 g/mol. The number of rotatable bonds is 2. The summed E-state index contributed by atoms with van der Waals surface area (Å²) < 4.78 is 9.58. The largest absolute Gasteiger partial charge is 0.466 e. The Morgan fingerprint density at radius 3 is 3.21 bits per heavy atom. The molecule has 1 rings (SSSR count). The number of aliphatic hydroxyl groups is 1. The molecule has 1 fully saturated rings. The summed E-state index contributed by atoms with van der Waals surface area (Å²) in [7, 11) is 1.33. The molecule has 0 aromatic carbocycles. The van der Waals surface area contributed by atoms with Crippen LogP contribution in [0.3, 0.4) is 0 Å². The van der Waals surface area contributed by atoms with Crippen molar-refractivity contribution in [1.82, 2.24) is 4.90 Å². The molecular weight excluding hydrogens is 186 g/mol. The molecule has 1 atom stereocenters. The Morgan fingerprint density at radius 1 is 1.71 bits per heavy atom. The molecule has 5 nitrogen and oxygen atoms in total. The third kappa shape index (κ3) is 3.76. The summed E-state index contributed by atoms with van der Waals surface area (Å²) in [5.74, 6) is -0.398. The van der Waals surface area contributed by atoms with E-state index in [1.807, 2.05) is 4.90 Å². The molecule has 14 heavy (non-hydrogen) atoms. The maximum absolute atomic E-state index is 10.8. The number of carbonyl (C=O) groups excluding carboxylic acids is 1. The zero-order valence-electron chi connectivity index (χ0n) is 8.18. The van der Waals surface area contributed by atoms with Crippen LogP contribution >= 0.6 is 0 Å². The van der Waals surface area contributed by atoms with Crippen LogP contribution in [0.1, 0.15) is 0 Å². The molecule has 0 aromatic heterocycles. The highest BCUT2D eigenvalue weighted by Gasteiger charge is 2.13. The van der Waals surface area contributed by atoms with Gasteiger partial charge in [-0.1, -0.05) is 0 Å². The van der Waals surface area contributed by atoms with Crippen LogP contribution in [0.5, 0.6) is 0 Å². The van der Waals surface area contributed by atoms with E-state index in [4.69, 9.17) is 4.74 Å². The van der Waals surface area contributed by atoms with Crippen LogP contribution in [0.15, 0.2) is 12.3 Å². The third-order valence-corrected chi connectivity index (χ3v) is 1.90. The zero-order chi connectivity index (χ0) is 10.4. The highest BCUT2D eigenvalue weighted by Crippen LogP contribution is 2.00. The molecule has 1 saturated heterocycles. The van der Waals surface area contributed by atoms with Gasteiger partial charge in [0, 0.05) is 25.4 Å². The van der Waals surface area contributed by atoms with Crippen molar-refractivity contribution in [3.8, 4) is 0 Å². The minimum atomic E-state index is -0.500. The molecule has 0 radical (unpaired) electrons. The lowest BCUT2D eigenvalue weighted by atomic mass is 10.3. The van der Waals surface area contributed by atoms with Gasteiger partial charge in [0.1, 0.15) is 0 Å². The van der Waals surface area contributed by atoms with Gasteiger partial charge < -0.3 is 19.5 Å². The Kier molecular flexibility index (Phi) is 4.42. The van der Waals surface area contributed by atoms with Crippen LogP contribution in [0.25, 0.3) is 0 Å². The number of hydrogen-bond acceptors (Lipinski definition) is 5. The fraction of sp³-hybridized carbons (Fsp3) is 0.667. The van der Waals surface area contributed by atoms with Crippen molar-refractivity contribution in [3.63, 3.8) is 0 Å². The summed E-state index contributed by atoms with van der Waals surface area (Å²) in [5.41, 5.74) is 0. The molecule has 0 aromatic rings. The van der Waals surface area contributed by atoms with Crippen molar-refractivity contribution in [2.24, 2.45) is 0 Å². The number of methoxy groups -OCH3 is 1. The van der Waals surface area contributed by atoms with Crippen molar-refractivity contribution in [2.45, 2.75) is 6.10 Å². The molecule has 1 aliphatic heterocycles. The second-order valence-electron chi connectivity index (χ2n) is 3.06. The molecule has 0 bridgehead atoms. The molecule has 0 aliphatic carbocycles. The second-order valence-corrected chi connectivity index (χ2v) is 3.06. The van der Waals surface area contributed by atoms with Crippen molar-refractivity contribution in [2.75, 3.05) is 33.4 Å². The van der Waals surface area contributed by atoms with E-state index in [1.165, 1.54) is 13.2 Å².